The Morgan fingerprint density at radius 3 is 1.75 bits per heavy atom. The predicted octanol–water partition coefficient (Wildman–Crippen LogP) is -2.47. The number of nitrogens with two attached hydrogens (primary N) is 2. The van der Waals surface area contributed by atoms with E-state index in [4.69, 9.17) is 11.5 Å². The van der Waals surface area contributed by atoms with E-state index in [1.165, 1.54) is 29.2 Å². The number of carboxylic acid groups (broad SMARTS) is 2. The second-order valence-corrected chi connectivity index (χ2v) is 17.2. The van der Waals surface area contributed by atoms with Gasteiger partial charge in [0.15, 0.2) is 0 Å². The number of benzene rings is 2. The van der Waals surface area contributed by atoms with Crippen molar-refractivity contribution >= 4 is 59.2 Å². The van der Waals surface area contributed by atoms with Crippen LogP contribution in [0.4, 0.5) is 0 Å². The first kappa shape index (κ1) is 55.2. The van der Waals surface area contributed by atoms with Crippen LogP contribution in [0.15, 0.2) is 54.6 Å². The Labute approximate surface area is 392 Å². The average Bonchev–Trinajstić information content (AvgIpc) is 3.78. The van der Waals surface area contributed by atoms with Gasteiger partial charge in [-0.05, 0) is 60.8 Å². The molecule has 0 radical (unpaired) electrons. The summed E-state index contributed by atoms with van der Waals surface area (Å²) in [4.78, 5) is 132. The van der Waals surface area contributed by atoms with Crippen LogP contribution in [-0.4, -0.2) is 146 Å². The van der Waals surface area contributed by atoms with Gasteiger partial charge in [0.25, 0.3) is 0 Å². The molecule has 23 nitrogen and oxygen atoms in total. The zero-order valence-corrected chi connectivity index (χ0v) is 38.3. The number of aliphatic hydroxyl groups is 1. The summed E-state index contributed by atoms with van der Waals surface area (Å²) in [5.74, 6) is -11.3. The van der Waals surface area contributed by atoms with Gasteiger partial charge in [0, 0.05) is 19.4 Å². The lowest BCUT2D eigenvalue weighted by atomic mass is 10.00. The molecule has 0 aromatic heterocycles. The number of nitrogens with zero attached hydrogens (tertiary/aromatic N) is 1. The Morgan fingerprint density at radius 1 is 0.662 bits per heavy atom. The molecule has 8 atom stereocenters. The molecule has 14 N–H and O–H groups in total. The van der Waals surface area contributed by atoms with Crippen molar-refractivity contribution in [1.82, 2.24) is 36.8 Å². The van der Waals surface area contributed by atoms with Gasteiger partial charge in [-0.3, -0.25) is 43.2 Å². The minimum Gasteiger partial charge on any atom is -0.508 e. The van der Waals surface area contributed by atoms with E-state index in [1.807, 2.05) is 0 Å². The molecule has 3 rings (SSSR count). The Hall–Kier alpha value is -7.14. The summed E-state index contributed by atoms with van der Waals surface area (Å²) < 4.78 is 0. The molecule has 0 bridgehead atoms. The molecule has 372 valence electrons. The normalized spacial score (nSPS) is 16.5. The van der Waals surface area contributed by atoms with Crippen molar-refractivity contribution in [2.75, 3.05) is 13.2 Å². The number of carboxylic acids is 2. The highest BCUT2D eigenvalue weighted by atomic mass is 16.4. The zero-order chi connectivity index (χ0) is 50.8. The monoisotopic (exact) mass is 953 g/mol. The highest BCUT2D eigenvalue weighted by molar-refractivity contribution is 5.98. The molecule has 68 heavy (non-hydrogen) atoms. The maximum absolute atomic E-state index is 14.3. The molecule has 0 spiro atoms. The largest absolute Gasteiger partial charge is 0.508 e. The highest BCUT2D eigenvalue weighted by Crippen LogP contribution is 2.22. The summed E-state index contributed by atoms with van der Waals surface area (Å²) in [6, 6.07) is 2.84. The highest BCUT2D eigenvalue weighted by Gasteiger charge is 2.41. The van der Waals surface area contributed by atoms with Gasteiger partial charge in [-0.25, -0.2) is 4.79 Å². The predicted molar refractivity (Wildman–Crippen MR) is 241 cm³/mol. The Kier molecular flexibility index (Phi) is 21.3. The standard InChI is InChI=1S/C45H63N9O14/c1-23(2)36(52-39(61)29(16-17-34(47)57)48-41(63)31(21-35(58)59)49-38(60)28(46)19-26-12-14-27(56)15-13-26)44(66)54-18-8-11-33(54)43(65)50-30(20-25-9-6-5-7-10-25)40(62)51-32(22-55)42(64)53-37(24(3)4)45(67)68/h5-7,9-10,12-15,23-24,28-33,36-37,55-56H,8,11,16-22,46H2,1-4H3,(H2,47,57)(H,48,63)(H,49,60)(H,50,65)(H,51,62)(H,52,61)(H,53,64)(H,58,59)(H,67,68)/t28-,29-,30-,31-,32-,33-,36-,37-/m0/s1. The second-order valence-electron chi connectivity index (χ2n) is 17.2. The number of hydrogen-bond donors (Lipinski definition) is 12. The molecule has 1 heterocycles. The number of nitrogens with one attached hydrogen (secondary N) is 6. The van der Waals surface area contributed by atoms with Gasteiger partial charge in [0.1, 0.15) is 48.0 Å². The van der Waals surface area contributed by atoms with Crippen LogP contribution in [0.1, 0.15) is 70.9 Å². The van der Waals surface area contributed by atoms with E-state index in [0.717, 1.165) is 0 Å². The minimum atomic E-state index is -1.75. The molecule has 1 aliphatic rings. The third kappa shape index (κ3) is 16.9. The molecule has 1 saturated heterocycles. The number of carbonyl (C=O) groups excluding carboxylic acids is 8. The summed E-state index contributed by atoms with van der Waals surface area (Å²) in [5.41, 5.74) is 12.5. The zero-order valence-electron chi connectivity index (χ0n) is 38.3. The number of phenols is 1. The quantitative estimate of drug-likeness (QED) is 0.0465. The van der Waals surface area contributed by atoms with Crippen molar-refractivity contribution in [3.05, 3.63) is 65.7 Å². The van der Waals surface area contributed by atoms with E-state index in [-0.39, 0.29) is 31.6 Å². The summed E-state index contributed by atoms with van der Waals surface area (Å²) in [6.07, 6.45) is -1.47. The van der Waals surface area contributed by atoms with Crippen LogP contribution in [0, 0.1) is 11.8 Å². The van der Waals surface area contributed by atoms with E-state index in [2.05, 4.69) is 31.9 Å². The number of aliphatic carboxylic acids is 2. The summed E-state index contributed by atoms with van der Waals surface area (Å²) in [7, 11) is 0. The lowest BCUT2D eigenvalue weighted by Gasteiger charge is -2.32. The SMILES string of the molecule is CC(C)[C@H](NC(=O)[C@H](CO)NC(=O)[C@H](Cc1ccccc1)NC(=O)[C@@H]1CCCN1C(=O)[C@@H](NC(=O)[C@H](CCC(N)=O)NC(=O)[C@H](CC(=O)O)NC(=O)[C@@H](N)Cc1ccc(O)cc1)C(C)C)C(=O)O. The van der Waals surface area contributed by atoms with E-state index in [9.17, 15) is 68.4 Å². The van der Waals surface area contributed by atoms with Crippen LogP contribution in [0.2, 0.25) is 0 Å². The van der Waals surface area contributed by atoms with Crippen molar-refractivity contribution in [1.29, 1.82) is 0 Å². The Bertz CT molecular complexity index is 2120. The van der Waals surface area contributed by atoms with E-state index < -0.39 is 145 Å². The van der Waals surface area contributed by atoms with Crippen LogP contribution in [0.25, 0.3) is 0 Å². The van der Waals surface area contributed by atoms with E-state index in [0.29, 0.717) is 17.5 Å². The molecule has 8 amide bonds. The first-order chi connectivity index (χ1) is 32.0. The number of primary amides is 1. The van der Waals surface area contributed by atoms with Gasteiger partial charge < -0.3 is 68.7 Å². The molecule has 2 aromatic rings. The summed E-state index contributed by atoms with van der Waals surface area (Å²) in [5, 5.41) is 53.2. The number of hydrogen-bond acceptors (Lipinski definition) is 13. The molecular weight excluding hydrogens is 891 g/mol. The Morgan fingerprint density at radius 2 is 1.19 bits per heavy atom. The maximum atomic E-state index is 14.3. The molecule has 0 aliphatic carbocycles. The fourth-order valence-corrected chi connectivity index (χ4v) is 7.28. The number of amides is 8. The van der Waals surface area contributed by atoms with Crippen molar-refractivity contribution in [2.45, 2.75) is 121 Å². The molecule has 1 aliphatic heterocycles. The van der Waals surface area contributed by atoms with Gasteiger partial charge in [-0.2, -0.15) is 0 Å². The first-order valence-corrected chi connectivity index (χ1v) is 22.1. The Balaban J connectivity index is 1.81. The van der Waals surface area contributed by atoms with Crippen molar-refractivity contribution in [2.24, 2.45) is 23.3 Å². The number of phenolic OH excluding ortho intramolecular Hbond substituents is 1. The summed E-state index contributed by atoms with van der Waals surface area (Å²) in [6.45, 7) is 5.44. The number of aromatic hydroxyl groups is 1. The third-order valence-corrected chi connectivity index (χ3v) is 11.1. The second kappa shape index (κ2) is 26.3. The van der Waals surface area contributed by atoms with Gasteiger partial charge in [-0.1, -0.05) is 70.2 Å². The molecule has 0 saturated carbocycles. The smallest absolute Gasteiger partial charge is 0.326 e. The van der Waals surface area contributed by atoms with Crippen molar-refractivity contribution in [3.8, 4) is 5.75 Å². The van der Waals surface area contributed by atoms with Crippen LogP contribution >= 0.6 is 0 Å². The van der Waals surface area contributed by atoms with E-state index >= 15 is 0 Å². The maximum Gasteiger partial charge on any atom is 0.326 e. The van der Waals surface area contributed by atoms with Crippen LogP contribution in [-0.2, 0) is 60.8 Å². The first-order valence-electron chi connectivity index (χ1n) is 22.1. The number of aliphatic hydroxyl groups excluding tert-OH is 1. The van der Waals surface area contributed by atoms with Gasteiger partial charge >= 0.3 is 11.9 Å². The van der Waals surface area contributed by atoms with Gasteiger partial charge in [0.2, 0.25) is 47.3 Å². The molecular formula is C45H63N9O14. The molecule has 2 aromatic carbocycles. The van der Waals surface area contributed by atoms with Crippen molar-refractivity contribution in [3.63, 3.8) is 0 Å². The van der Waals surface area contributed by atoms with Crippen molar-refractivity contribution < 1.29 is 68.4 Å². The topological polar surface area (TPSA) is 379 Å². The lowest BCUT2D eigenvalue weighted by molar-refractivity contribution is -0.144. The van der Waals surface area contributed by atoms with Gasteiger partial charge in [-0.15, -0.1) is 0 Å². The lowest BCUT2D eigenvalue weighted by Crippen LogP contribution is -2.61. The fourth-order valence-electron chi connectivity index (χ4n) is 7.28. The molecule has 23 heteroatoms. The molecule has 1 fully saturated rings. The number of carbonyl (C=O) groups is 10. The van der Waals surface area contributed by atoms with Crippen LogP contribution in [0.3, 0.4) is 0 Å². The van der Waals surface area contributed by atoms with Crippen LogP contribution in [0.5, 0.6) is 5.75 Å². The third-order valence-electron chi connectivity index (χ3n) is 11.1. The minimum absolute atomic E-state index is 0.0265. The van der Waals surface area contributed by atoms with E-state index in [1.54, 1.807) is 58.0 Å². The van der Waals surface area contributed by atoms with Gasteiger partial charge in [0.05, 0.1) is 19.1 Å². The number of rotatable bonds is 26. The average molecular weight is 954 g/mol. The summed E-state index contributed by atoms with van der Waals surface area (Å²) >= 11 is 0. The van der Waals surface area contributed by atoms with Crippen LogP contribution < -0.4 is 43.4 Å². The molecule has 0 unspecified atom stereocenters. The number of likely N-dealkylation sites (tertiary alicyclic amines) is 1. The fraction of sp³-hybridized carbons (Fsp3) is 0.511.